The van der Waals surface area contributed by atoms with Crippen molar-refractivity contribution in [1.82, 2.24) is 14.5 Å². The molecule has 0 amide bonds. The Balaban J connectivity index is 1.16. The maximum Gasteiger partial charge on any atom is 0.137 e. The number of benzene rings is 6. The minimum Gasteiger partial charge on any atom is -0.456 e. The first-order valence-corrected chi connectivity index (χ1v) is 19.0. The molecule has 0 bridgehead atoms. The largest absolute Gasteiger partial charge is 0.456 e. The summed E-state index contributed by atoms with van der Waals surface area (Å²) in [6.07, 6.45) is 8.30. The zero-order chi connectivity index (χ0) is 35.4. The van der Waals surface area contributed by atoms with E-state index in [9.17, 15) is 0 Å². The molecule has 0 fully saturated rings. The van der Waals surface area contributed by atoms with Crippen LogP contribution in [0, 0.1) is 0 Å². The molecule has 0 radical (unpaired) electrons. The van der Waals surface area contributed by atoms with Gasteiger partial charge in [-0.1, -0.05) is 109 Å². The molecule has 1 spiro atoms. The average molecular weight is 708 g/mol. The SMILES string of the molecule is C1=Cc2ccc(-c3ccc4c(c3)c3ncccc3n4-c3ccccn3)cc2C2(c3ccccc31)c1ccccc1Sc1cc3c(cc12)oc1ccccc13. The van der Waals surface area contributed by atoms with Gasteiger partial charge >= 0.3 is 0 Å². The van der Waals surface area contributed by atoms with Crippen molar-refractivity contribution in [3.63, 3.8) is 0 Å². The Morgan fingerprint density at radius 2 is 1.26 bits per heavy atom. The second-order valence-electron chi connectivity index (χ2n) is 14.1. The van der Waals surface area contributed by atoms with Gasteiger partial charge in [-0.2, -0.15) is 0 Å². The van der Waals surface area contributed by atoms with Gasteiger partial charge in [-0.05, 0) is 111 Å². The number of pyridine rings is 2. The predicted octanol–water partition coefficient (Wildman–Crippen LogP) is 12.5. The van der Waals surface area contributed by atoms with Crippen molar-refractivity contribution in [2.45, 2.75) is 15.2 Å². The topological polar surface area (TPSA) is 43.9 Å². The number of hydrogen-bond donors (Lipinski definition) is 0. The highest BCUT2D eigenvalue weighted by atomic mass is 32.2. The van der Waals surface area contributed by atoms with Crippen LogP contribution in [0.15, 0.2) is 178 Å². The van der Waals surface area contributed by atoms with Crippen LogP contribution in [0.1, 0.15) is 33.4 Å². The molecule has 1 unspecified atom stereocenters. The Morgan fingerprint density at radius 1 is 0.481 bits per heavy atom. The van der Waals surface area contributed by atoms with E-state index in [0.29, 0.717) is 0 Å². The molecule has 10 aromatic rings. The molecule has 1 aliphatic carbocycles. The lowest BCUT2D eigenvalue weighted by Gasteiger charge is -2.43. The molecule has 1 atom stereocenters. The van der Waals surface area contributed by atoms with Crippen LogP contribution in [-0.4, -0.2) is 14.5 Å². The summed E-state index contributed by atoms with van der Waals surface area (Å²) < 4.78 is 8.82. The van der Waals surface area contributed by atoms with Gasteiger partial charge in [0.1, 0.15) is 17.0 Å². The number of rotatable bonds is 2. The lowest BCUT2D eigenvalue weighted by molar-refractivity contribution is 0.659. The molecular formula is C49H29N3OS. The van der Waals surface area contributed by atoms with Gasteiger partial charge in [0.05, 0.1) is 22.0 Å². The van der Waals surface area contributed by atoms with Gasteiger partial charge in [-0.15, -0.1) is 0 Å². The van der Waals surface area contributed by atoms with Gasteiger partial charge in [-0.3, -0.25) is 9.55 Å². The van der Waals surface area contributed by atoms with Crippen molar-refractivity contribution in [2.75, 3.05) is 0 Å². The van der Waals surface area contributed by atoms with E-state index in [1.165, 1.54) is 43.2 Å². The first kappa shape index (κ1) is 29.8. The highest BCUT2D eigenvalue weighted by Crippen LogP contribution is 2.59. The van der Waals surface area contributed by atoms with Crippen molar-refractivity contribution in [3.8, 4) is 16.9 Å². The highest BCUT2D eigenvalue weighted by molar-refractivity contribution is 7.99. The Hall–Kier alpha value is -6.69. The molecule has 6 aromatic carbocycles. The summed E-state index contributed by atoms with van der Waals surface area (Å²) in [6, 6.07) is 54.9. The Kier molecular flexibility index (Phi) is 6.17. The molecule has 4 aromatic heterocycles. The number of furan rings is 1. The van der Waals surface area contributed by atoms with Gasteiger partial charge in [0.25, 0.3) is 0 Å². The summed E-state index contributed by atoms with van der Waals surface area (Å²) in [6.45, 7) is 0. The number of fused-ring (bicyclic) bond motifs is 14. The standard InChI is InChI=1S/C49H29N3OS/c1-3-12-37-30(10-1)18-19-31-20-21-33(32-22-23-41-36(26-32)48-42(14-9-25-51-48)52(41)47-17-7-8-24-50-47)27-39(31)49(37)38-13-4-6-16-45(38)54-46-28-35-34-11-2-5-15-43(34)53-44(35)29-40(46)49/h1-29H. The first-order valence-electron chi connectivity index (χ1n) is 18.2. The quantitative estimate of drug-likeness (QED) is 0.179. The van der Waals surface area contributed by atoms with Crippen molar-refractivity contribution in [1.29, 1.82) is 0 Å². The second kappa shape index (κ2) is 11.2. The van der Waals surface area contributed by atoms with E-state index in [1.54, 1.807) is 0 Å². The smallest absolute Gasteiger partial charge is 0.137 e. The monoisotopic (exact) mass is 707 g/mol. The maximum atomic E-state index is 6.61. The van der Waals surface area contributed by atoms with E-state index in [0.717, 1.165) is 60.8 Å². The average Bonchev–Trinajstić information content (AvgIpc) is 3.72. The summed E-state index contributed by atoms with van der Waals surface area (Å²) in [4.78, 5) is 12.1. The van der Waals surface area contributed by atoms with Crippen LogP contribution in [-0.2, 0) is 5.41 Å². The third-order valence-corrected chi connectivity index (χ3v) is 12.5. The normalized spacial score (nSPS) is 15.7. The fraction of sp³-hybridized carbons (Fsp3) is 0.0204. The Bertz CT molecular complexity index is 3210. The molecule has 0 saturated carbocycles. The minimum absolute atomic E-state index is 0.615. The molecule has 12 rings (SSSR count). The predicted molar refractivity (Wildman–Crippen MR) is 220 cm³/mol. The first-order chi connectivity index (χ1) is 26.8. The van der Waals surface area contributed by atoms with Crippen LogP contribution >= 0.6 is 11.8 Å². The van der Waals surface area contributed by atoms with E-state index < -0.39 is 5.41 Å². The number of nitrogens with zero attached hydrogens (tertiary/aromatic N) is 3. The summed E-state index contributed by atoms with van der Waals surface area (Å²) in [5.74, 6) is 0.877. The molecule has 0 saturated heterocycles. The summed E-state index contributed by atoms with van der Waals surface area (Å²) in [7, 11) is 0. The van der Waals surface area contributed by atoms with Crippen LogP contribution in [0.5, 0.6) is 0 Å². The van der Waals surface area contributed by atoms with E-state index in [2.05, 4.69) is 138 Å². The Labute approximate surface area is 315 Å². The zero-order valence-electron chi connectivity index (χ0n) is 28.9. The molecule has 54 heavy (non-hydrogen) atoms. The van der Waals surface area contributed by atoms with Crippen LogP contribution in [0.3, 0.4) is 0 Å². The summed E-state index contributed by atoms with van der Waals surface area (Å²) in [5.41, 5.74) is 14.0. The second-order valence-corrected chi connectivity index (χ2v) is 15.2. The van der Waals surface area contributed by atoms with Crippen LogP contribution in [0.4, 0.5) is 0 Å². The van der Waals surface area contributed by atoms with E-state index in [1.807, 2.05) is 54.5 Å². The summed E-state index contributed by atoms with van der Waals surface area (Å²) >= 11 is 1.86. The fourth-order valence-electron chi connectivity index (χ4n) is 9.10. The van der Waals surface area contributed by atoms with E-state index in [4.69, 9.17) is 14.4 Å². The lowest BCUT2D eigenvalue weighted by atomic mass is 9.63. The van der Waals surface area contributed by atoms with E-state index in [-0.39, 0.29) is 0 Å². The summed E-state index contributed by atoms with van der Waals surface area (Å²) in [5, 5.41) is 3.39. The van der Waals surface area contributed by atoms with Crippen LogP contribution < -0.4 is 0 Å². The number of hydrogen-bond acceptors (Lipinski definition) is 4. The van der Waals surface area contributed by atoms with Gasteiger partial charge < -0.3 is 4.42 Å². The molecule has 4 nitrogen and oxygen atoms in total. The van der Waals surface area contributed by atoms with Gasteiger partial charge in [0.2, 0.25) is 0 Å². The molecule has 2 aliphatic rings. The van der Waals surface area contributed by atoms with Crippen molar-refractivity contribution in [3.05, 3.63) is 197 Å². The molecule has 1 aliphatic heterocycles. The lowest BCUT2D eigenvalue weighted by Crippen LogP contribution is -2.35. The third-order valence-electron chi connectivity index (χ3n) is 11.4. The highest BCUT2D eigenvalue weighted by Gasteiger charge is 2.47. The molecule has 5 heterocycles. The fourth-order valence-corrected chi connectivity index (χ4v) is 10.3. The maximum absolute atomic E-state index is 6.61. The van der Waals surface area contributed by atoms with Gasteiger partial charge in [0.15, 0.2) is 0 Å². The van der Waals surface area contributed by atoms with Crippen LogP contribution in [0.25, 0.3) is 73.0 Å². The molecule has 0 N–H and O–H groups in total. The van der Waals surface area contributed by atoms with Crippen molar-refractivity contribution in [2.24, 2.45) is 0 Å². The molecule has 5 heteroatoms. The van der Waals surface area contributed by atoms with Gasteiger partial charge in [-0.25, -0.2) is 4.98 Å². The van der Waals surface area contributed by atoms with Crippen molar-refractivity contribution >= 4 is 67.8 Å². The molecular weight excluding hydrogens is 679 g/mol. The van der Waals surface area contributed by atoms with Crippen molar-refractivity contribution < 1.29 is 4.42 Å². The minimum atomic E-state index is -0.615. The third kappa shape index (κ3) is 4.04. The molecule has 252 valence electrons. The zero-order valence-corrected chi connectivity index (χ0v) is 29.7. The Morgan fingerprint density at radius 3 is 2.19 bits per heavy atom. The van der Waals surface area contributed by atoms with E-state index >= 15 is 0 Å². The van der Waals surface area contributed by atoms with Crippen LogP contribution in [0.2, 0.25) is 0 Å². The number of para-hydroxylation sites is 1. The van der Waals surface area contributed by atoms with Gasteiger partial charge in [0, 0.05) is 38.3 Å². The number of aromatic nitrogens is 3.